The molecule has 0 aromatic carbocycles. The lowest BCUT2D eigenvalue weighted by Crippen LogP contribution is -2.32. The van der Waals surface area contributed by atoms with Gasteiger partial charge in [-0.3, -0.25) is 4.99 Å². The first-order chi connectivity index (χ1) is 7.66. The second kappa shape index (κ2) is 11.1. The topological polar surface area (TPSA) is 50.4 Å². The molecule has 0 bridgehead atoms. The summed E-state index contributed by atoms with van der Waals surface area (Å²) >= 11 is 1.92. The molecule has 0 saturated carbocycles. The zero-order valence-electron chi connectivity index (χ0n) is 11.0. The molecule has 0 unspecified atom stereocenters. The summed E-state index contributed by atoms with van der Waals surface area (Å²) in [6.45, 7) is 6.05. The standard InChI is InChI=1S/C12H27N3S/c1-11(2)10-15-12(13)14-8-6-4-5-7-9-16-3/h11H,4-10H2,1-3H3,(H3,13,14,15). The molecule has 3 nitrogen and oxygen atoms in total. The van der Waals surface area contributed by atoms with Crippen molar-refractivity contribution in [2.45, 2.75) is 39.5 Å². The molecule has 96 valence electrons. The van der Waals surface area contributed by atoms with Crippen molar-refractivity contribution in [3.63, 3.8) is 0 Å². The highest BCUT2D eigenvalue weighted by atomic mass is 32.2. The first-order valence-electron chi connectivity index (χ1n) is 6.19. The Morgan fingerprint density at radius 3 is 2.56 bits per heavy atom. The number of rotatable bonds is 9. The maximum Gasteiger partial charge on any atom is 0.188 e. The van der Waals surface area contributed by atoms with Gasteiger partial charge in [0.2, 0.25) is 0 Å². The fraction of sp³-hybridized carbons (Fsp3) is 0.917. The lowest BCUT2D eigenvalue weighted by Gasteiger charge is -2.06. The number of hydrogen-bond acceptors (Lipinski definition) is 2. The second-order valence-corrected chi connectivity index (χ2v) is 5.44. The van der Waals surface area contributed by atoms with E-state index >= 15 is 0 Å². The van der Waals surface area contributed by atoms with E-state index in [1.165, 1.54) is 31.4 Å². The maximum absolute atomic E-state index is 5.72. The molecule has 0 aromatic heterocycles. The highest BCUT2D eigenvalue weighted by Crippen LogP contribution is 2.03. The predicted octanol–water partition coefficient (Wildman–Crippen LogP) is 2.47. The molecule has 0 aliphatic heterocycles. The molecule has 0 aliphatic carbocycles. The molecule has 4 heteroatoms. The Balaban J connectivity index is 3.27. The van der Waals surface area contributed by atoms with Crippen LogP contribution in [0.4, 0.5) is 0 Å². The average molecular weight is 245 g/mol. The summed E-state index contributed by atoms with van der Waals surface area (Å²) in [7, 11) is 0. The Morgan fingerprint density at radius 2 is 1.94 bits per heavy atom. The summed E-state index contributed by atoms with van der Waals surface area (Å²) in [5.74, 6) is 2.45. The van der Waals surface area contributed by atoms with Gasteiger partial charge in [0.25, 0.3) is 0 Å². The van der Waals surface area contributed by atoms with Gasteiger partial charge < -0.3 is 11.1 Å². The highest BCUT2D eigenvalue weighted by Gasteiger charge is 1.94. The highest BCUT2D eigenvalue weighted by molar-refractivity contribution is 7.98. The van der Waals surface area contributed by atoms with E-state index in [0.29, 0.717) is 11.9 Å². The molecule has 0 fully saturated rings. The molecule has 0 spiro atoms. The average Bonchev–Trinajstić information content (AvgIpc) is 2.25. The van der Waals surface area contributed by atoms with E-state index in [-0.39, 0.29) is 0 Å². The number of guanidine groups is 1. The van der Waals surface area contributed by atoms with Crippen LogP contribution in [-0.4, -0.2) is 31.1 Å². The van der Waals surface area contributed by atoms with Gasteiger partial charge in [-0.25, -0.2) is 0 Å². The van der Waals surface area contributed by atoms with E-state index in [4.69, 9.17) is 5.73 Å². The van der Waals surface area contributed by atoms with Crippen LogP contribution in [0, 0.1) is 5.92 Å². The summed E-state index contributed by atoms with van der Waals surface area (Å²) in [5.41, 5.74) is 5.72. The summed E-state index contributed by atoms with van der Waals surface area (Å²) in [4.78, 5) is 4.25. The van der Waals surface area contributed by atoms with Crippen molar-refractivity contribution in [1.29, 1.82) is 0 Å². The fourth-order valence-corrected chi connectivity index (χ4v) is 1.77. The Morgan fingerprint density at radius 1 is 1.25 bits per heavy atom. The molecule has 16 heavy (non-hydrogen) atoms. The Kier molecular flexibility index (Phi) is 10.9. The SMILES string of the molecule is CSCCCCCCNC(N)=NCC(C)C. The van der Waals surface area contributed by atoms with Gasteiger partial charge in [0, 0.05) is 13.1 Å². The first-order valence-corrected chi connectivity index (χ1v) is 7.59. The monoisotopic (exact) mass is 245 g/mol. The third kappa shape index (κ3) is 11.7. The molecule has 0 rings (SSSR count). The van der Waals surface area contributed by atoms with Crippen molar-refractivity contribution in [2.75, 3.05) is 25.1 Å². The van der Waals surface area contributed by atoms with Crippen molar-refractivity contribution in [3.05, 3.63) is 0 Å². The van der Waals surface area contributed by atoms with Crippen LogP contribution in [0.2, 0.25) is 0 Å². The number of unbranched alkanes of at least 4 members (excludes halogenated alkanes) is 3. The third-order valence-corrected chi connectivity index (χ3v) is 2.91. The van der Waals surface area contributed by atoms with Crippen LogP contribution >= 0.6 is 11.8 Å². The normalized spacial score (nSPS) is 12.1. The zero-order valence-corrected chi connectivity index (χ0v) is 11.8. The molecule has 0 heterocycles. The molecule has 0 atom stereocenters. The fourth-order valence-electron chi connectivity index (χ4n) is 1.28. The molecule has 0 radical (unpaired) electrons. The van der Waals surface area contributed by atoms with Crippen LogP contribution in [0.5, 0.6) is 0 Å². The van der Waals surface area contributed by atoms with Gasteiger partial charge in [0.1, 0.15) is 0 Å². The van der Waals surface area contributed by atoms with Gasteiger partial charge in [-0.1, -0.05) is 26.7 Å². The van der Waals surface area contributed by atoms with Crippen LogP contribution < -0.4 is 11.1 Å². The zero-order chi connectivity index (χ0) is 12.2. The number of nitrogens with zero attached hydrogens (tertiary/aromatic N) is 1. The van der Waals surface area contributed by atoms with Crippen LogP contribution in [0.25, 0.3) is 0 Å². The van der Waals surface area contributed by atoms with E-state index < -0.39 is 0 Å². The Labute approximate surface area is 105 Å². The van der Waals surface area contributed by atoms with Crippen LogP contribution in [0.15, 0.2) is 4.99 Å². The summed E-state index contributed by atoms with van der Waals surface area (Å²) in [5, 5.41) is 3.15. The van der Waals surface area contributed by atoms with Crippen molar-refractivity contribution in [1.82, 2.24) is 5.32 Å². The molecular weight excluding hydrogens is 218 g/mol. The summed E-state index contributed by atoms with van der Waals surface area (Å²) < 4.78 is 0. The lowest BCUT2D eigenvalue weighted by atomic mass is 10.2. The third-order valence-electron chi connectivity index (χ3n) is 2.21. The number of aliphatic imine (C=N–C) groups is 1. The van der Waals surface area contributed by atoms with Crippen LogP contribution in [0.1, 0.15) is 39.5 Å². The van der Waals surface area contributed by atoms with Crippen molar-refractivity contribution in [2.24, 2.45) is 16.6 Å². The quantitative estimate of drug-likeness (QED) is 0.373. The second-order valence-electron chi connectivity index (χ2n) is 4.45. The minimum absolute atomic E-state index is 0.576. The van der Waals surface area contributed by atoms with Crippen LogP contribution in [0.3, 0.4) is 0 Å². The molecule has 0 aliphatic rings. The van der Waals surface area contributed by atoms with E-state index in [1.54, 1.807) is 0 Å². The number of hydrogen-bond donors (Lipinski definition) is 2. The Bertz CT molecular complexity index is 181. The van der Waals surface area contributed by atoms with Gasteiger partial charge in [0.15, 0.2) is 5.96 Å². The lowest BCUT2D eigenvalue weighted by molar-refractivity contribution is 0.644. The predicted molar refractivity (Wildman–Crippen MR) is 76.2 cm³/mol. The van der Waals surface area contributed by atoms with E-state index in [0.717, 1.165) is 13.1 Å². The van der Waals surface area contributed by atoms with Crippen molar-refractivity contribution >= 4 is 17.7 Å². The molecule has 0 saturated heterocycles. The van der Waals surface area contributed by atoms with Gasteiger partial charge in [-0.15, -0.1) is 0 Å². The molecular formula is C12H27N3S. The number of nitrogens with two attached hydrogens (primary N) is 1. The van der Waals surface area contributed by atoms with Crippen molar-refractivity contribution in [3.8, 4) is 0 Å². The van der Waals surface area contributed by atoms with E-state index in [2.05, 4.69) is 30.4 Å². The largest absolute Gasteiger partial charge is 0.370 e. The minimum atomic E-state index is 0.576. The summed E-state index contributed by atoms with van der Waals surface area (Å²) in [6, 6.07) is 0. The van der Waals surface area contributed by atoms with Gasteiger partial charge in [0.05, 0.1) is 0 Å². The maximum atomic E-state index is 5.72. The first kappa shape index (κ1) is 15.6. The van der Waals surface area contributed by atoms with Crippen LogP contribution in [-0.2, 0) is 0 Å². The number of nitrogens with one attached hydrogen (secondary N) is 1. The van der Waals surface area contributed by atoms with Gasteiger partial charge >= 0.3 is 0 Å². The van der Waals surface area contributed by atoms with Gasteiger partial charge in [-0.05, 0) is 30.8 Å². The Hall–Kier alpha value is -0.380. The molecule has 0 aromatic rings. The molecule has 3 N–H and O–H groups in total. The van der Waals surface area contributed by atoms with E-state index in [9.17, 15) is 0 Å². The minimum Gasteiger partial charge on any atom is -0.370 e. The van der Waals surface area contributed by atoms with E-state index in [1.807, 2.05) is 11.8 Å². The van der Waals surface area contributed by atoms with Gasteiger partial charge in [-0.2, -0.15) is 11.8 Å². The molecule has 0 amide bonds. The smallest absolute Gasteiger partial charge is 0.188 e. The van der Waals surface area contributed by atoms with Crippen molar-refractivity contribution < 1.29 is 0 Å². The summed E-state index contributed by atoms with van der Waals surface area (Å²) in [6.07, 6.45) is 7.29. The number of thioether (sulfide) groups is 1.